The Morgan fingerprint density at radius 1 is 1.15 bits per heavy atom. The van der Waals surface area contributed by atoms with Crippen molar-refractivity contribution in [2.24, 2.45) is 5.10 Å². The number of fused-ring (bicyclic) bond motifs is 1. The summed E-state index contributed by atoms with van der Waals surface area (Å²) in [6.45, 7) is 10.8. The molecule has 6 heteroatoms. The van der Waals surface area contributed by atoms with Crippen LogP contribution >= 0.6 is 11.6 Å². The average Bonchev–Trinajstić information content (AvgIpc) is 3.10. The highest BCUT2D eigenvalue weighted by atomic mass is 35.5. The van der Waals surface area contributed by atoms with E-state index < -0.39 is 0 Å². The minimum atomic E-state index is -0.264. The zero-order chi connectivity index (χ0) is 23.9. The Bertz CT molecular complexity index is 1220. The van der Waals surface area contributed by atoms with Gasteiger partial charge in [0.05, 0.1) is 11.2 Å². The quantitative estimate of drug-likeness (QED) is 0.369. The van der Waals surface area contributed by atoms with Gasteiger partial charge in [0, 0.05) is 46.5 Å². The maximum Gasteiger partial charge on any atom is 0.271 e. The van der Waals surface area contributed by atoms with E-state index in [1.807, 2.05) is 38.1 Å². The van der Waals surface area contributed by atoms with Crippen molar-refractivity contribution in [3.05, 3.63) is 81.6 Å². The van der Waals surface area contributed by atoms with Crippen molar-refractivity contribution in [2.45, 2.75) is 52.5 Å². The van der Waals surface area contributed by atoms with Gasteiger partial charge in [0.25, 0.3) is 5.91 Å². The van der Waals surface area contributed by atoms with Crippen LogP contribution in [0.5, 0.6) is 0 Å². The topological polar surface area (TPSA) is 49.6 Å². The Morgan fingerprint density at radius 3 is 2.55 bits per heavy atom. The molecule has 0 fully saturated rings. The van der Waals surface area contributed by atoms with Gasteiger partial charge in [-0.2, -0.15) is 5.10 Å². The second kappa shape index (κ2) is 8.71. The number of hydrazone groups is 1. The molecule has 172 valence electrons. The highest BCUT2D eigenvalue weighted by Crippen LogP contribution is 2.44. The maximum atomic E-state index is 12.7. The lowest BCUT2D eigenvalue weighted by atomic mass is 9.80. The molecule has 4 rings (SSSR count). The molecule has 5 nitrogen and oxygen atoms in total. The highest BCUT2D eigenvalue weighted by Gasteiger charge is 2.34. The number of anilines is 1. The molecule has 2 heterocycles. The van der Waals surface area contributed by atoms with E-state index in [2.05, 4.69) is 66.0 Å². The van der Waals surface area contributed by atoms with Gasteiger partial charge in [0.2, 0.25) is 0 Å². The van der Waals surface area contributed by atoms with E-state index >= 15 is 0 Å². The van der Waals surface area contributed by atoms with Gasteiger partial charge in [-0.25, -0.2) is 5.43 Å². The van der Waals surface area contributed by atoms with E-state index in [1.54, 1.807) is 12.3 Å². The maximum absolute atomic E-state index is 12.7. The number of hydrogen-bond donors (Lipinski definition) is 1. The van der Waals surface area contributed by atoms with E-state index in [0.29, 0.717) is 16.5 Å². The Kier molecular flexibility index (Phi) is 6.10. The molecule has 0 saturated carbocycles. The van der Waals surface area contributed by atoms with Crippen LogP contribution in [0, 0.1) is 13.8 Å². The lowest BCUT2D eigenvalue weighted by molar-refractivity contribution is 0.0955. The van der Waals surface area contributed by atoms with Crippen LogP contribution in [-0.2, 0) is 0 Å². The lowest BCUT2D eigenvalue weighted by Gasteiger charge is -2.45. The molecule has 1 N–H and O–H groups in total. The number of hydrogen-bond acceptors (Lipinski definition) is 3. The van der Waals surface area contributed by atoms with Crippen LogP contribution < -0.4 is 10.3 Å². The lowest BCUT2D eigenvalue weighted by Crippen LogP contribution is -2.45. The molecule has 1 unspecified atom stereocenters. The van der Waals surface area contributed by atoms with Gasteiger partial charge in [-0.3, -0.25) is 4.79 Å². The van der Waals surface area contributed by atoms with Crippen LogP contribution in [0.4, 0.5) is 5.69 Å². The highest BCUT2D eigenvalue weighted by molar-refractivity contribution is 6.33. The van der Waals surface area contributed by atoms with Crippen molar-refractivity contribution in [3.8, 4) is 5.69 Å². The summed E-state index contributed by atoms with van der Waals surface area (Å²) in [4.78, 5) is 15.0. The summed E-state index contributed by atoms with van der Waals surface area (Å²) in [5, 5.41) is 4.81. The average molecular weight is 463 g/mol. The standard InChI is InChI=1S/C27H31ClN4O/c1-17-15-27(4,5)31(6)25-14-24(28)21(13-23(17)25)16-29-30-26(33)20-8-7-9-22(12-20)32-18(2)10-11-19(32)3/h7-14,16-17H,15H2,1-6H3,(H,30,33)/b29-16-. The molecule has 1 aliphatic heterocycles. The number of aryl methyl sites for hydroxylation is 2. The number of amides is 1. The number of benzene rings is 2. The number of aromatic nitrogens is 1. The Labute approximate surface area is 201 Å². The van der Waals surface area contributed by atoms with Crippen LogP contribution in [0.15, 0.2) is 53.6 Å². The molecule has 1 aliphatic rings. The third-order valence-corrected chi connectivity index (χ3v) is 7.09. The van der Waals surface area contributed by atoms with Crippen molar-refractivity contribution >= 4 is 29.4 Å². The van der Waals surface area contributed by atoms with Crippen molar-refractivity contribution in [1.29, 1.82) is 0 Å². The van der Waals surface area contributed by atoms with Crippen molar-refractivity contribution < 1.29 is 4.79 Å². The second-order valence-corrected chi connectivity index (χ2v) is 10.0. The van der Waals surface area contributed by atoms with Gasteiger partial charge in [-0.1, -0.05) is 24.6 Å². The van der Waals surface area contributed by atoms with Crippen molar-refractivity contribution in [3.63, 3.8) is 0 Å². The van der Waals surface area contributed by atoms with Crippen LogP contribution in [-0.4, -0.2) is 29.3 Å². The summed E-state index contributed by atoms with van der Waals surface area (Å²) < 4.78 is 2.12. The Balaban J connectivity index is 1.53. The zero-order valence-corrected chi connectivity index (χ0v) is 20.9. The molecule has 2 aromatic carbocycles. The fourth-order valence-corrected chi connectivity index (χ4v) is 5.00. The molecular formula is C27H31ClN4O. The monoisotopic (exact) mass is 462 g/mol. The molecule has 3 aromatic rings. The molecule has 0 bridgehead atoms. The minimum Gasteiger partial charge on any atom is -0.369 e. The van der Waals surface area contributed by atoms with Gasteiger partial charge in [-0.15, -0.1) is 0 Å². The van der Waals surface area contributed by atoms with E-state index in [0.717, 1.165) is 34.7 Å². The largest absolute Gasteiger partial charge is 0.369 e. The van der Waals surface area contributed by atoms with E-state index in [-0.39, 0.29) is 11.4 Å². The number of carbonyl (C=O) groups is 1. The molecule has 0 spiro atoms. The first-order valence-electron chi connectivity index (χ1n) is 11.2. The summed E-state index contributed by atoms with van der Waals surface area (Å²) in [6, 6.07) is 15.7. The fourth-order valence-electron chi connectivity index (χ4n) is 4.79. The predicted octanol–water partition coefficient (Wildman–Crippen LogP) is 6.23. The molecule has 0 aliphatic carbocycles. The third kappa shape index (κ3) is 4.42. The molecule has 1 aromatic heterocycles. The first kappa shape index (κ1) is 23.1. The summed E-state index contributed by atoms with van der Waals surface area (Å²) in [5.41, 5.74) is 9.65. The Morgan fingerprint density at radius 2 is 1.85 bits per heavy atom. The minimum absolute atomic E-state index is 0.0750. The van der Waals surface area contributed by atoms with Crippen molar-refractivity contribution in [2.75, 3.05) is 11.9 Å². The number of nitrogens with zero attached hydrogens (tertiary/aromatic N) is 3. The van der Waals surface area contributed by atoms with Gasteiger partial charge in [0.15, 0.2) is 0 Å². The summed E-state index contributed by atoms with van der Waals surface area (Å²) >= 11 is 6.57. The van der Waals surface area contributed by atoms with Gasteiger partial charge < -0.3 is 9.47 Å². The van der Waals surface area contributed by atoms with E-state index in [4.69, 9.17) is 11.6 Å². The first-order valence-corrected chi connectivity index (χ1v) is 11.6. The molecule has 1 atom stereocenters. The van der Waals surface area contributed by atoms with Gasteiger partial charge >= 0.3 is 0 Å². The zero-order valence-electron chi connectivity index (χ0n) is 20.1. The van der Waals surface area contributed by atoms with Crippen LogP contribution in [0.3, 0.4) is 0 Å². The van der Waals surface area contributed by atoms with E-state index in [1.165, 1.54) is 5.56 Å². The normalized spacial score (nSPS) is 17.3. The number of carbonyl (C=O) groups excluding carboxylic acids is 1. The van der Waals surface area contributed by atoms with Crippen LogP contribution in [0.1, 0.15) is 66.0 Å². The summed E-state index contributed by atoms with van der Waals surface area (Å²) in [7, 11) is 2.11. The molecule has 1 amide bonds. The first-order chi connectivity index (χ1) is 15.6. The number of nitrogens with one attached hydrogen (secondary N) is 1. The Hall–Kier alpha value is -3.05. The summed E-state index contributed by atoms with van der Waals surface area (Å²) in [5.74, 6) is 0.146. The summed E-state index contributed by atoms with van der Waals surface area (Å²) in [6.07, 6.45) is 2.68. The number of rotatable bonds is 4. The SMILES string of the molecule is Cc1ccc(C)n1-c1cccc(C(=O)N/N=C\c2cc3c(cc2Cl)N(C)C(C)(C)CC3C)c1. The van der Waals surface area contributed by atoms with E-state index in [9.17, 15) is 4.79 Å². The third-order valence-electron chi connectivity index (χ3n) is 6.76. The molecular weight excluding hydrogens is 432 g/mol. The van der Waals surface area contributed by atoms with Crippen LogP contribution in [0.2, 0.25) is 5.02 Å². The van der Waals surface area contributed by atoms with Gasteiger partial charge in [0.1, 0.15) is 0 Å². The van der Waals surface area contributed by atoms with Crippen LogP contribution in [0.25, 0.3) is 5.69 Å². The predicted molar refractivity (Wildman–Crippen MR) is 137 cm³/mol. The van der Waals surface area contributed by atoms with Crippen molar-refractivity contribution in [1.82, 2.24) is 9.99 Å². The smallest absolute Gasteiger partial charge is 0.271 e. The molecule has 0 saturated heterocycles. The fraction of sp³-hybridized carbons (Fsp3) is 0.333. The number of halogens is 1. The molecule has 0 radical (unpaired) electrons. The molecule has 33 heavy (non-hydrogen) atoms. The second-order valence-electron chi connectivity index (χ2n) is 9.61. The van der Waals surface area contributed by atoms with Gasteiger partial charge in [-0.05, 0) is 88.1 Å².